The summed E-state index contributed by atoms with van der Waals surface area (Å²) in [6.45, 7) is 5.37. The van der Waals surface area contributed by atoms with E-state index in [1.165, 1.54) is 31.1 Å². The second-order valence-electron chi connectivity index (χ2n) is 5.95. The molecule has 0 bridgehead atoms. The molecule has 2 saturated heterocycles. The quantitative estimate of drug-likeness (QED) is 0.870. The van der Waals surface area contributed by atoms with Crippen LogP contribution in [0.4, 0.5) is 5.69 Å². The molecular formula is C16H22N2O2S. The molecular weight excluding hydrogens is 284 g/mol. The van der Waals surface area contributed by atoms with Crippen LogP contribution in [-0.4, -0.2) is 53.9 Å². The van der Waals surface area contributed by atoms with Crippen molar-refractivity contribution >= 4 is 23.4 Å². The second kappa shape index (κ2) is 5.89. The Labute approximate surface area is 130 Å². The van der Waals surface area contributed by atoms with E-state index in [-0.39, 0.29) is 0 Å². The summed E-state index contributed by atoms with van der Waals surface area (Å²) in [4.78, 5) is 17.4. The van der Waals surface area contributed by atoms with Gasteiger partial charge in [0.25, 0.3) is 0 Å². The maximum atomic E-state index is 11.7. The van der Waals surface area contributed by atoms with Gasteiger partial charge in [-0.1, -0.05) is 6.07 Å². The zero-order chi connectivity index (χ0) is 15.0. The lowest BCUT2D eigenvalue weighted by atomic mass is 10.0. The van der Waals surface area contributed by atoms with Crippen molar-refractivity contribution in [2.45, 2.75) is 36.7 Å². The predicted molar refractivity (Wildman–Crippen MR) is 86.6 cm³/mol. The van der Waals surface area contributed by atoms with Crippen molar-refractivity contribution in [1.82, 2.24) is 4.90 Å². The lowest BCUT2D eigenvalue weighted by molar-refractivity contribution is 0.0693. The smallest absolute Gasteiger partial charge is 0.338 e. The first-order valence-corrected chi connectivity index (χ1v) is 8.75. The third-order valence-electron chi connectivity index (χ3n) is 4.68. The van der Waals surface area contributed by atoms with Crippen molar-refractivity contribution in [1.29, 1.82) is 0 Å². The summed E-state index contributed by atoms with van der Waals surface area (Å²) in [5.74, 6) is -0.823. The van der Waals surface area contributed by atoms with Gasteiger partial charge in [0.15, 0.2) is 0 Å². The van der Waals surface area contributed by atoms with Crippen molar-refractivity contribution in [2.24, 2.45) is 0 Å². The topological polar surface area (TPSA) is 43.8 Å². The number of aromatic carboxylic acids is 1. The van der Waals surface area contributed by atoms with E-state index >= 15 is 0 Å². The third kappa shape index (κ3) is 2.64. The van der Waals surface area contributed by atoms with Crippen LogP contribution >= 0.6 is 11.8 Å². The summed E-state index contributed by atoms with van der Waals surface area (Å²) in [6.07, 6.45) is 4.43. The normalized spacial score (nSPS) is 25.9. The first-order chi connectivity index (χ1) is 10.1. The predicted octanol–water partition coefficient (Wildman–Crippen LogP) is 2.78. The fraction of sp³-hybridized carbons (Fsp3) is 0.562. The van der Waals surface area contributed by atoms with Gasteiger partial charge >= 0.3 is 5.97 Å². The fourth-order valence-electron chi connectivity index (χ4n) is 3.67. The molecule has 1 aromatic rings. The van der Waals surface area contributed by atoms with Crippen LogP contribution < -0.4 is 4.90 Å². The van der Waals surface area contributed by atoms with Crippen LogP contribution in [0.5, 0.6) is 0 Å². The van der Waals surface area contributed by atoms with Gasteiger partial charge in [-0.2, -0.15) is 0 Å². The molecule has 1 N–H and O–H groups in total. The Hall–Kier alpha value is -1.20. The largest absolute Gasteiger partial charge is 0.478 e. The van der Waals surface area contributed by atoms with Gasteiger partial charge in [-0.05, 0) is 44.7 Å². The Kier molecular flexibility index (Phi) is 4.13. The number of piperazine rings is 1. The Morgan fingerprint density at radius 2 is 2.19 bits per heavy atom. The number of thioether (sulfide) groups is 1. The van der Waals surface area contributed by atoms with E-state index in [4.69, 9.17) is 0 Å². The molecule has 1 aromatic carbocycles. The summed E-state index contributed by atoms with van der Waals surface area (Å²) in [6, 6.07) is 6.77. The first kappa shape index (κ1) is 14.7. The molecule has 4 nitrogen and oxygen atoms in total. The minimum atomic E-state index is -0.823. The molecule has 3 rings (SSSR count). The Balaban J connectivity index is 1.97. The van der Waals surface area contributed by atoms with Crippen molar-refractivity contribution in [3.8, 4) is 0 Å². The van der Waals surface area contributed by atoms with E-state index in [1.54, 1.807) is 0 Å². The van der Waals surface area contributed by atoms with Gasteiger partial charge < -0.3 is 10.0 Å². The van der Waals surface area contributed by atoms with E-state index in [0.717, 1.165) is 23.7 Å². The number of carbonyl (C=O) groups is 1. The highest BCUT2D eigenvalue weighted by molar-refractivity contribution is 7.98. The SMILES string of the molecule is CSc1cccc(N2CC3CCCN3CC2C)c1C(=O)O. The molecule has 2 heterocycles. The van der Waals surface area contributed by atoms with Crippen LogP contribution in [-0.2, 0) is 0 Å². The Morgan fingerprint density at radius 3 is 2.90 bits per heavy atom. The molecule has 2 fully saturated rings. The van der Waals surface area contributed by atoms with E-state index in [9.17, 15) is 9.90 Å². The van der Waals surface area contributed by atoms with Gasteiger partial charge in [0.2, 0.25) is 0 Å². The number of carboxylic acids is 1. The van der Waals surface area contributed by atoms with Crippen molar-refractivity contribution in [3.63, 3.8) is 0 Å². The van der Waals surface area contributed by atoms with Gasteiger partial charge in [-0.15, -0.1) is 11.8 Å². The molecule has 0 aliphatic carbocycles. The standard InChI is InChI=1S/C16H22N2O2S/c1-11-9-17-8-4-5-12(17)10-18(11)13-6-3-7-14(21-2)15(13)16(19)20/h3,6-7,11-12H,4-5,8-10H2,1-2H3,(H,19,20). The number of hydrogen-bond acceptors (Lipinski definition) is 4. The lowest BCUT2D eigenvalue weighted by Gasteiger charge is -2.44. The molecule has 2 atom stereocenters. The molecule has 0 spiro atoms. The molecule has 0 saturated carbocycles. The molecule has 2 aliphatic rings. The summed E-state index contributed by atoms with van der Waals surface area (Å²) in [7, 11) is 0. The van der Waals surface area contributed by atoms with E-state index in [0.29, 0.717) is 17.6 Å². The van der Waals surface area contributed by atoms with E-state index in [1.807, 2.05) is 24.5 Å². The highest BCUT2D eigenvalue weighted by atomic mass is 32.2. The molecule has 2 unspecified atom stereocenters. The maximum Gasteiger partial charge on any atom is 0.338 e. The van der Waals surface area contributed by atoms with Crippen LogP contribution in [0.15, 0.2) is 23.1 Å². The Bertz CT molecular complexity index is 549. The van der Waals surface area contributed by atoms with Crippen LogP contribution in [0, 0.1) is 0 Å². The fourth-order valence-corrected chi connectivity index (χ4v) is 4.28. The molecule has 2 aliphatic heterocycles. The molecule has 0 radical (unpaired) electrons. The van der Waals surface area contributed by atoms with Gasteiger partial charge in [-0.3, -0.25) is 4.90 Å². The zero-order valence-corrected chi connectivity index (χ0v) is 13.4. The van der Waals surface area contributed by atoms with Gasteiger partial charge in [0, 0.05) is 30.1 Å². The summed E-state index contributed by atoms with van der Waals surface area (Å²) in [5.41, 5.74) is 1.34. The van der Waals surface area contributed by atoms with Crippen molar-refractivity contribution in [2.75, 3.05) is 30.8 Å². The number of fused-ring (bicyclic) bond motifs is 1. The second-order valence-corrected chi connectivity index (χ2v) is 6.80. The highest BCUT2D eigenvalue weighted by Crippen LogP contribution is 2.34. The number of carboxylic acid groups (broad SMARTS) is 1. The van der Waals surface area contributed by atoms with Gasteiger partial charge in [0.05, 0.1) is 11.3 Å². The van der Waals surface area contributed by atoms with Crippen LogP contribution in [0.1, 0.15) is 30.1 Å². The number of nitrogens with zero attached hydrogens (tertiary/aromatic N) is 2. The molecule has 5 heteroatoms. The monoisotopic (exact) mass is 306 g/mol. The number of hydrogen-bond donors (Lipinski definition) is 1. The lowest BCUT2D eigenvalue weighted by Crippen LogP contribution is -2.55. The number of rotatable bonds is 3. The first-order valence-electron chi connectivity index (χ1n) is 7.52. The number of benzene rings is 1. The summed E-state index contributed by atoms with van der Waals surface area (Å²) < 4.78 is 0. The van der Waals surface area contributed by atoms with Crippen molar-refractivity contribution in [3.05, 3.63) is 23.8 Å². The molecule has 0 amide bonds. The van der Waals surface area contributed by atoms with Gasteiger partial charge in [-0.25, -0.2) is 4.79 Å². The van der Waals surface area contributed by atoms with Crippen LogP contribution in [0.3, 0.4) is 0 Å². The Morgan fingerprint density at radius 1 is 1.38 bits per heavy atom. The third-order valence-corrected chi connectivity index (χ3v) is 5.46. The van der Waals surface area contributed by atoms with Gasteiger partial charge in [0.1, 0.15) is 0 Å². The number of anilines is 1. The van der Waals surface area contributed by atoms with Crippen molar-refractivity contribution < 1.29 is 9.90 Å². The minimum Gasteiger partial charge on any atom is -0.478 e. The average molecular weight is 306 g/mol. The maximum absolute atomic E-state index is 11.7. The van der Waals surface area contributed by atoms with E-state index < -0.39 is 5.97 Å². The highest BCUT2D eigenvalue weighted by Gasteiger charge is 2.35. The average Bonchev–Trinajstić information content (AvgIpc) is 2.92. The molecule has 0 aromatic heterocycles. The van der Waals surface area contributed by atoms with Crippen LogP contribution in [0.2, 0.25) is 0 Å². The summed E-state index contributed by atoms with van der Waals surface area (Å²) in [5, 5.41) is 9.63. The zero-order valence-electron chi connectivity index (χ0n) is 12.6. The van der Waals surface area contributed by atoms with E-state index in [2.05, 4.69) is 16.7 Å². The van der Waals surface area contributed by atoms with Crippen LogP contribution in [0.25, 0.3) is 0 Å². The molecule has 114 valence electrons. The summed E-state index contributed by atoms with van der Waals surface area (Å²) >= 11 is 1.50. The minimum absolute atomic E-state index is 0.356. The molecule has 21 heavy (non-hydrogen) atoms.